The Bertz CT molecular complexity index is 1230. The van der Waals surface area contributed by atoms with Crippen LogP contribution in [0.2, 0.25) is 0 Å². The van der Waals surface area contributed by atoms with Gasteiger partial charge in [0.25, 0.3) is 0 Å². The van der Waals surface area contributed by atoms with E-state index in [1.54, 1.807) is 4.31 Å². The number of pyridine rings is 1. The second-order valence-corrected chi connectivity index (χ2v) is 11.3. The van der Waals surface area contributed by atoms with Crippen molar-refractivity contribution in [3.63, 3.8) is 0 Å². The van der Waals surface area contributed by atoms with Crippen LogP contribution in [0.1, 0.15) is 38.9 Å². The molecule has 1 aromatic carbocycles. The summed E-state index contributed by atoms with van der Waals surface area (Å²) in [5, 5.41) is 1.02. The van der Waals surface area contributed by atoms with Crippen molar-refractivity contribution in [3.05, 3.63) is 24.0 Å². The first-order valence-corrected chi connectivity index (χ1v) is 13.1. The summed E-state index contributed by atoms with van der Waals surface area (Å²) in [6.07, 6.45) is 3.94. The molecule has 0 radical (unpaired) electrons. The van der Waals surface area contributed by atoms with Gasteiger partial charge in [-0.25, -0.2) is 22.7 Å². The minimum atomic E-state index is -3.08. The Morgan fingerprint density at radius 3 is 2.59 bits per heavy atom. The maximum atomic E-state index is 11.7. The van der Waals surface area contributed by atoms with Gasteiger partial charge < -0.3 is 15.0 Å². The third-order valence-electron chi connectivity index (χ3n) is 6.25. The third kappa shape index (κ3) is 4.68. The SMILES string of the molecule is Cc1nc2c(N)nc3cc(OCCC4CCN(S(C)(=O)=O)CC4)ccc3c2n1CC(C)C. The number of sulfonamides is 1. The molecule has 0 spiro atoms. The van der Waals surface area contributed by atoms with E-state index in [2.05, 4.69) is 28.4 Å². The van der Waals surface area contributed by atoms with Gasteiger partial charge in [0.1, 0.15) is 17.1 Å². The standard InChI is InChI=1S/C23H33N5O3S/c1-15(2)14-28-16(3)25-21-22(28)19-6-5-18(13-20(19)26-23(21)24)31-12-9-17-7-10-27(11-8-17)32(4,29)30/h5-6,13,15,17H,7-12,14H2,1-4H3,(H2,24,26). The quantitative estimate of drug-likeness (QED) is 0.579. The normalized spacial score (nSPS) is 16.4. The van der Waals surface area contributed by atoms with Crippen LogP contribution in [0.25, 0.3) is 21.9 Å². The number of hydrogen-bond donors (Lipinski definition) is 1. The Kier molecular flexibility index (Phi) is 6.31. The summed E-state index contributed by atoms with van der Waals surface area (Å²) >= 11 is 0. The molecule has 1 aliphatic heterocycles. The number of imidazole rings is 1. The summed E-state index contributed by atoms with van der Waals surface area (Å²) in [4.78, 5) is 9.25. The van der Waals surface area contributed by atoms with Gasteiger partial charge in [0, 0.05) is 31.1 Å². The summed E-state index contributed by atoms with van der Waals surface area (Å²) < 4.78 is 33.1. The number of nitrogens with zero attached hydrogens (tertiary/aromatic N) is 4. The van der Waals surface area contributed by atoms with Gasteiger partial charge in [0.05, 0.1) is 23.9 Å². The molecule has 1 aliphatic rings. The van der Waals surface area contributed by atoms with E-state index in [1.165, 1.54) is 6.26 Å². The highest BCUT2D eigenvalue weighted by Gasteiger charge is 2.24. The first-order valence-electron chi connectivity index (χ1n) is 11.3. The zero-order valence-electron chi connectivity index (χ0n) is 19.3. The highest BCUT2D eigenvalue weighted by atomic mass is 32.2. The zero-order valence-corrected chi connectivity index (χ0v) is 20.2. The number of piperidine rings is 1. The number of aryl methyl sites for hydroxylation is 1. The van der Waals surface area contributed by atoms with E-state index in [4.69, 9.17) is 10.5 Å². The molecule has 174 valence electrons. The lowest BCUT2D eigenvalue weighted by Gasteiger charge is -2.30. The molecule has 0 aliphatic carbocycles. The van der Waals surface area contributed by atoms with Gasteiger partial charge in [-0.1, -0.05) is 13.8 Å². The summed E-state index contributed by atoms with van der Waals surface area (Å²) in [6.45, 7) is 9.05. The molecule has 0 amide bonds. The van der Waals surface area contributed by atoms with Crippen molar-refractivity contribution in [2.75, 3.05) is 31.7 Å². The van der Waals surface area contributed by atoms with E-state index >= 15 is 0 Å². The second-order valence-electron chi connectivity index (χ2n) is 9.28. The molecular formula is C23H33N5O3S. The first kappa shape index (κ1) is 22.8. The van der Waals surface area contributed by atoms with Crippen molar-refractivity contribution in [1.29, 1.82) is 0 Å². The number of ether oxygens (including phenoxy) is 1. The Balaban J connectivity index is 1.48. The lowest BCUT2D eigenvalue weighted by atomic mass is 9.95. The number of benzene rings is 1. The molecule has 2 N–H and O–H groups in total. The summed E-state index contributed by atoms with van der Waals surface area (Å²) in [6, 6.07) is 5.97. The van der Waals surface area contributed by atoms with Crippen molar-refractivity contribution >= 4 is 37.8 Å². The molecule has 0 atom stereocenters. The van der Waals surface area contributed by atoms with Gasteiger partial charge in [-0.2, -0.15) is 0 Å². The van der Waals surface area contributed by atoms with Crippen molar-refractivity contribution in [1.82, 2.24) is 18.8 Å². The molecule has 0 saturated carbocycles. The van der Waals surface area contributed by atoms with Gasteiger partial charge in [-0.3, -0.25) is 0 Å². The average Bonchev–Trinajstić information content (AvgIpc) is 3.04. The number of nitrogen functional groups attached to an aromatic ring is 1. The highest BCUT2D eigenvalue weighted by molar-refractivity contribution is 7.88. The smallest absolute Gasteiger partial charge is 0.211 e. The fourth-order valence-electron chi connectivity index (χ4n) is 4.55. The monoisotopic (exact) mass is 459 g/mol. The maximum absolute atomic E-state index is 11.7. The van der Waals surface area contributed by atoms with Gasteiger partial charge >= 0.3 is 0 Å². The van der Waals surface area contributed by atoms with Crippen LogP contribution in [0.5, 0.6) is 5.75 Å². The van der Waals surface area contributed by atoms with E-state index in [0.717, 1.165) is 59.3 Å². The number of aromatic nitrogens is 3. The van der Waals surface area contributed by atoms with Crippen LogP contribution in [0, 0.1) is 18.8 Å². The van der Waals surface area contributed by atoms with Crippen LogP contribution in [0.4, 0.5) is 5.82 Å². The summed E-state index contributed by atoms with van der Waals surface area (Å²) in [5.41, 5.74) is 8.84. The Labute approximate surface area is 189 Å². The van der Waals surface area contributed by atoms with Crippen LogP contribution < -0.4 is 10.5 Å². The topological polar surface area (TPSA) is 103 Å². The molecule has 1 saturated heterocycles. The highest BCUT2D eigenvalue weighted by Crippen LogP contribution is 2.31. The zero-order chi connectivity index (χ0) is 23.0. The van der Waals surface area contributed by atoms with Crippen molar-refractivity contribution in [3.8, 4) is 5.75 Å². The molecule has 1 fully saturated rings. The number of fused-ring (bicyclic) bond motifs is 3. The minimum Gasteiger partial charge on any atom is -0.494 e. The minimum absolute atomic E-state index is 0.438. The predicted octanol–water partition coefficient (Wildman–Crippen LogP) is 3.57. The Morgan fingerprint density at radius 1 is 1.22 bits per heavy atom. The van der Waals surface area contributed by atoms with Crippen LogP contribution in [-0.4, -0.2) is 53.2 Å². The molecule has 2 aromatic heterocycles. The fourth-order valence-corrected chi connectivity index (χ4v) is 5.43. The van der Waals surface area contributed by atoms with Gasteiger partial charge in [-0.05, 0) is 50.2 Å². The van der Waals surface area contributed by atoms with Gasteiger partial charge in [0.15, 0.2) is 5.82 Å². The average molecular weight is 460 g/mol. The number of anilines is 1. The van der Waals surface area contributed by atoms with Crippen LogP contribution >= 0.6 is 0 Å². The molecule has 0 unspecified atom stereocenters. The predicted molar refractivity (Wildman–Crippen MR) is 128 cm³/mol. The van der Waals surface area contributed by atoms with Crippen LogP contribution in [0.15, 0.2) is 18.2 Å². The molecule has 4 rings (SSSR count). The summed E-state index contributed by atoms with van der Waals surface area (Å²) in [7, 11) is -3.08. The molecule has 32 heavy (non-hydrogen) atoms. The van der Waals surface area contributed by atoms with E-state index in [1.807, 2.05) is 25.1 Å². The number of hydrogen-bond acceptors (Lipinski definition) is 6. The van der Waals surface area contributed by atoms with Crippen molar-refractivity contribution in [2.45, 2.75) is 46.6 Å². The molecule has 8 nitrogen and oxygen atoms in total. The molecular weight excluding hydrogens is 426 g/mol. The number of rotatable bonds is 7. The van der Waals surface area contributed by atoms with E-state index in [9.17, 15) is 8.42 Å². The molecule has 3 heterocycles. The van der Waals surface area contributed by atoms with Crippen molar-refractivity contribution < 1.29 is 13.2 Å². The van der Waals surface area contributed by atoms with Gasteiger partial charge in [-0.15, -0.1) is 0 Å². The molecule has 3 aromatic rings. The largest absolute Gasteiger partial charge is 0.494 e. The molecule has 9 heteroatoms. The summed E-state index contributed by atoms with van der Waals surface area (Å²) in [5.74, 6) is 3.12. The Hall–Kier alpha value is -2.39. The number of nitrogens with two attached hydrogens (primary N) is 1. The van der Waals surface area contributed by atoms with E-state index in [0.29, 0.717) is 37.4 Å². The maximum Gasteiger partial charge on any atom is 0.211 e. The lowest BCUT2D eigenvalue weighted by Crippen LogP contribution is -2.38. The molecule has 0 bridgehead atoms. The lowest BCUT2D eigenvalue weighted by molar-refractivity contribution is 0.220. The van der Waals surface area contributed by atoms with Crippen LogP contribution in [-0.2, 0) is 16.6 Å². The Morgan fingerprint density at radius 2 is 1.94 bits per heavy atom. The van der Waals surface area contributed by atoms with Gasteiger partial charge in [0.2, 0.25) is 10.0 Å². The van der Waals surface area contributed by atoms with E-state index in [-0.39, 0.29) is 0 Å². The van der Waals surface area contributed by atoms with Crippen LogP contribution in [0.3, 0.4) is 0 Å². The van der Waals surface area contributed by atoms with E-state index < -0.39 is 10.0 Å². The third-order valence-corrected chi connectivity index (χ3v) is 7.55. The fraction of sp³-hybridized carbons (Fsp3) is 0.565. The van der Waals surface area contributed by atoms with Crippen molar-refractivity contribution in [2.24, 2.45) is 11.8 Å². The second kappa shape index (κ2) is 8.86. The first-order chi connectivity index (χ1) is 15.1.